The molecule has 2 rings (SSSR count). The van der Waals surface area contributed by atoms with Crippen molar-refractivity contribution in [3.05, 3.63) is 23.8 Å². The summed E-state index contributed by atoms with van der Waals surface area (Å²) in [4.78, 5) is 2.14. The summed E-state index contributed by atoms with van der Waals surface area (Å²) in [6.07, 6.45) is 0.181. The van der Waals surface area contributed by atoms with E-state index < -0.39 is 0 Å². The molecule has 5 heteroatoms. The van der Waals surface area contributed by atoms with Crippen LogP contribution in [-0.2, 0) is 4.74 Å². The van der Waals surface area contributed by atoms with Crippen LogP contribution in [0.1, 0.15) is 18.5 Å². The van der Waals surface area contributed by atoms with E-state index in [4.69, 9.17) is 4.74 Å². The fraction of sp³-hybridized carbons (Fsp3) is 0.571. The molecule has 3 N–H and O–H groups in total. The van der Waals surface area contributed by atoms with Gasteiger partial charge in [-0.05, 0) is 20.0 Å². The van der Waals surface area contributed by atoms with Crippen molar-refractivity contribution in [2.75, 3.05) is 33.3 Å². The number of phenols is 2. The summed E-state index contributed by atoms with van der Waals surface area (Å²) < 4.78 is 5.68. The molecule has 0 spiro atoms. The molecule has 106 valence electrons. The van der Waals surface area contributed by atoms with Crippen LogP contribution in [0.3, 0.4) is 0 Å². The van der Waals surface area contributed by atoms with Crippen LogP contribution in [0, 0.1) is 0 Å². The third-order valence-corrected chi connectivity index (χ3v) is 3.62. The maximum Gasteiger partial charge on any atom is 0.124 e. The summed E-state index contributed by atoms with van der Waals surface area (Å²) in [5.74, 6) is 0.206. The number of rotatable bonds is 4. The Morgan fingerprint density at radius 2 is 2.26 bits per heavy atom. The molecule has 2 atom stereocenters. The first kappa shape index (κ1) is 14.1. The summed E-state index contributed by atoms with van der Waals surface area (Å²) in [6.45, 7) is 5.35. The maximum atomic E-state index is 9.89. The number of morpholine rings is 1. The zero-order valence-electron chi connectivity index (χ0n) is 11.5. The van der Waals surface area contributed by atoms with Gasteiger partial charge in [0.15, 0.2) is 0 Å². The summed E-state index contributed by atoms with van der Waals surface area (Å²) in [7, 11) is 2.01. The third-order valence-electron chi connectivity index (χ3n) is 3.62. The average molecular weight is 266 g/mol. The van der Waals surface area contributed by atoms with Gasteiger partial charge in [0, 0.05) is 37.3 Å². The van der Waals surface area contributed by atoms with Crippen molar-refractivity contribution in [1.29, 1.82) is 0 Å². The SMILES string of the molecule is CC(c1ccc(O)cc1O)N(C)CC1CNCCO1. The number of hydrogen-bond donors (Lipinski definition) is 3. The number of likely N-dealkylation sites (N-methyl/N-ethyl adjacent to an activating group) is 1. The van der Waals surface area contributed by atoms with Crippen molar-refractivity contribution in [2.45, 2.75) is 19.1 Å². The number of phenolic OH excluding ortho intramolecular Hbond substituents is 2. The second kappa shape index (κ2) is 6.23. The second-order valence-corrected chi connectivity index (χ2v) is 5.06. The Kier molecular flexibility index (Phi) is 4.63. The standard InChI is InChI=1S/C14H22N2O3/c1-10(13-4-3-11(17)7-14(13)18)16(2)9-12-8-15-5-6-19-12/h3-4,7,10,12,15,17-18H,5-6,8-9H2,1-2H3. The Labute approximate surface area is 113 Å². The molecule has 1 aliphatic rings. The number of aromatic hydroxyl groups is 2. The highest BCUT2D eigenvalue weighted by molar-refractivity contribution is 5.40. The first-order valence-corrected chi connectivity index (χ1v) is 6.62. The van der Waals surface area contributed by atoms with Gasteiger partial charge in [-0.2, -0.15) is 0 Å². The topological polar surface area (TPSA) is 65.0 Å². The van der Waals surface area contributed by atoms with E-state index in [2.05, 4.69) is 10.2 Å². The molecule has 0 aliphatic carbocycles. The second-order valence-electron chi connectivity index (χ2n) is 5.06. The number of ether oxygens (including phenoxy) is 1. The van der Waals surface area contributed by atoms with Crippen molar-refractivity contribution >= 4 is 0 Å². The molecule has 1 aromatic rings. The van der Waals surface area contributed by atoms with E-state index in [0.717, 1.165) is 31.8 Å². The zero-order chi connectivity index (χ0) is 13.8. The van der Waals surface area contributed by atoms with Crippen LogP contribution in [0.5, 0.6) is 11.5 Å². The van der Waals surface area contributed by atoms with Gasteiger partial charge in [0.05, 0.1) is 12.7 Å². The smallest absolute Gasteiger partial charge is 0.124 e. The normalized spacial score (nSPS) is 21.5. The quantitative estimate of drug-likeness (QED) is 0.761. The molecule has 1 heterocycles. The van der Waals surface area contributed by atoms with Crippen molar-refractivity contribution in [3.8, 4) is 11.5 Å². The zero-order valence-corrected chi connectivity index (χ0v) is 11.5. The highest BCUT2D eigenvalue weighted by atomic mass is 16.5. The van der Waals surface area contributed by atoms with Crippen LogP contribution in [0.2, 0.25) is 0 Å². The molecule has 5 nitrogen and oxygen atoms in total. The summed E-state index contributed by atoms with van der Waals surface area (Å²) in [5.41, 5.74) is 0.809. The average Bonchev–Trinajstić information content (AvgIpc) is 2.39. The van der Waals surface area contributed by atoms with E-state index in [-0.39, 0.29) is 23.6 Å². The number of nitrogens with zero attached hydrogens (tertiary/aromatic N) is 1. The van der Waals surface area contributed by atoms with Gasteiger partial charge in [0.1, 0.15) is 11.5 Å². The van der Waals surface area contributed by atoms with Gasteiger partial charge in [-0.3, -0.25) is 4.90 Å². The molecular weight excluding hydrogens is 244 g/mol. The van der Waals surface area contributed by atoms with Gasteiger partial charge in [-0.1, -0.05) is 6.07 Å². The van der Waals surface area contributed by atoms with E-state index in [9.17, 15) is 10.2 Å². The molecule has 0 bridgehead atoms. The van der Waals surface area contributed by atoms with E-state index in [1.54, 1.807) is 12.1 Å². The summed E-state index contributed by atoms with van der Waals surface area (Å²) in [5, 5.41) is 22.5. The number of nitrogens with one attached hydrogen (secondary N) is 1. The van der Waals surface area contributed by atoms with Crippen LogP contribution in [0.25, 0.3) is 0 Å². The molecule has 2 unspecified atom stereocenters. The van der Waals surface area contributed by atoms with Gasteiger partial charge in [-0.15, -0.1) is 0 Å². The molecule has 1 fully saturated rings. The highest BCUT2D eigenvalue weighted by Gasteiger charge is 2.21. The summed E-state index contributed by atoms with van der Waals surface area (Å²) in [6, 6.07) is 4.79. The number of hydrogen-bond acceptors (Lipinski definition) is 5. The van der Waals surface area contributed by atoms with Crippen LogP contribution < -0.4 is 5.32 Å². The van der Waals surface area contributed by atoms with Crippen molar-refractivity contribution in [3.63, 3.8) is 0 Å². The van der Waals surface area contributed by atoms with Crippen LogP contribution in [0.15, 0.2) is 18.2 Å². The molecule has 19 heavy (non-hydrogen) atoms. The largest absolute Gasteiger partial charge is 0.508 e. The van der Waals surface area contributed by atoms with Crippen LogP contribution >= 0.6 is 0 Å². The minimum atomic E-state index is 0.0612. The van der Waals surface area contributed by atoms with Crippen LogP contribution in [0.4, 0.5) is 0 Å². The third kappa shape index (κ3) is 3.59. The first-order chi connectivity index (χ1) is 9.08. The van der Waals surface area contributed by atoms with E-state index >= 15 is 0 Å². The Balaban J connectivity index is 1.99. The fourth-order valence-corrected chi connectivity index (χ4v) is 2.34. The Morgan fingerprint density at radius 1 is 1.47 bits per heavy atom. The van der Waals surface area contributed by atoms with E-state index in [1.165, 1.54) is 6.07 Å². The highest BCUT2D eigenvalue weighted by Crippen LogP contribution is 2.30. The first-order valence-electron chi connectivity index (χ1n) is 6.62. The molecule has 0 saturated carbocycles. The van der Waals surface area contributed by atoms with Gasteiger partial charge in [-0.25, -0.2) is 0 Å². The van der Waals surface area contributed by atoms with Crippen molar-refractivity contribution in [2.24, 2.45) is 0 Å². The fourth-order valence-electron chi connectivity index (χ4n) is 2.34. The monoisotopic (exact) mass is 266 g/mol. The van der Waals surface area contributed by atoms with Crippen LogP contribution in [-0.4, -0.2) is 54.5 Å². The van der Waals surface area contributed by atoms with E-state index in [0.29, 0.717) is 0 Å². The molecule has 0 radical (unpaired) electrons. The van der Waals surface area contributed by atoms with Crippen molar-refractivity contribution < 1.29 is 14.9 Å². The lowest BCUT2D eigenvalue weighted by Gasteiger charge is -2.31. The molecule has 1 aromatic carbocycles. The predicted molar refractivity (Wildman–Crippen MR) is 73.4 cm³/mol. The van der Waals surface area contributed by atoms with E-state index in [1.807, 2.05) is 14.0 Å². The molecule has 1 saturated heterocycles. The maximum absolute atomic E-state index is 9.89. The molecular formula is C14H22N2O3. The van der Waals surface area contributed by atoms with Gasteiger partial charge >= 0.3 is 0 Å². The molecule has 1 aliphatic heterocycles. The Hall–Kier alpha value is -1.30. The van der Waals surface area contributed by atoms with Crippen molar-refractivity contribution in [1.82, 2.24) is 10.2 Å². The van der Waals surface area contributed by atoms with Gasteiger partial charge < -0.3 is 20.3 Å². The van der Waals surface area contributed by atoms with Gasteiger partial charge in [0.2, 0.25) is 0 Å². The Bertz CT molecular complexity index is 419. The summed E-state index contributed by atoms with van der Waals surface area (Å²) >= 11 is 0. The molecule has 0 aromatic heterocycles. The van der Waals surface area contributed by atoms with Gasteiger partial charge in [0.25, 0.3) is 0 Å². The lowest BCUT2D eigenvalue weighted by molar-refractivity contribution is 0.00378. The molecule has 0 amide bonds. The number of benzene rings is 1. The Morgan fingerprint density at radius 3 is 2.89 bits per heavy atom. The lowest BCUT2D eigenvalue weighted by Crippen LogP contribution is -2.44. The minimum absolute atomic E-state index is 0.0612. The minimum Gasteiger partial charge on any atom is -0.508 e. The predicted octanol–water partition coefficient (Wildman–Crippen LogP) is 1.08. The lowest BCUT2D eigenvalue weighted by atomic mass is 10.1.